The second-order valence-corrected chi connectivity index (χ2v) is 4.08. The van der Waals surface area contributed by atoms with E-state index in [0.717, 1.165) is 0 Å². The zero-order valence-corrected chi connectivity index (χ0v) is 10.3. The van der Waals surface area contributed by atoms with Gasteiger partial charge in [0.25, 0.3) is 0 Å². The Morgan fingerprint density at radius 2 is 1.88 bits per heavy atom. The standard InChI is InChI=1S/C10H21N3O3/c1-5-8(9(14)15)12-10(16)11-7(2)6-13(3)4/h7-8H,5-6H2,1-4H3,(H,14,15)(H2,11,12,16)/t7?,8-/m1/s1. The summed E-state index contributed by atoms with van der Waals surface area (Å²) in [6, 6.07) is -1.29. The first kappa shape index (κ1) is 14.7. The molecule has 1 unspecified atom stereocenters. The van der Waals surface area contributed by atoms with Gasteiger partial charge in [-0.1, -0.05) is 6.92 Å². The summed E-state index contributed by atoms with van der Waals surface area (Å²) in [5, 5.41) is 13.8. The smallest absolute Gasteiger partial charge is 0.326 e. The van der Waals surface area contributed by atoms with Crippen LogP contribution in [0.15, 0.2) is 0 Å². The van der Waals surface area contributed by atoms with Gasteiger partial charge >= 0.3 is 12.0 Å². The van der Waals surface area contributed by atoms with Gasteiger partial charge in [-0.15, -0.1) is 0 Å². The normalized spacial score (nSPS) is 14.3. The van der Waals surface area contributed by atoms with Crippen LogP contribution in [0.2, 0.25) is 0 Å². The van der Waals surface area contributed by atoms with Crippen LogP contribution in [-0.4, -0.2) is 54.7 Å². The Bertz CT molecular complexity index is 243. The molecule has 0 heterocycles. The van der Waals surface area contributed by atoms with Crippen molar-refractivity contribution in [3.63, 3.8) is 0 Å². The number of carboxylic acids is 1. The second kappa shape index (κ2) is 7.05. The van der Waals surface area contributed by atoms with Crippen molar-refractivity contribution in [3.05, 3.63) is 0 Å². The van der Waals surface area contributed by atoms with Gasteiger partial charge in [0.15, 0.2) is 0 Å². The van der Waals surface area contributed by atoms with Crippen molar-refractivity contribution in [2.24, 2.45) is 0 Å². The lowest BCUT2D eigenvalue weighted by Crippen LogP contribution is -2.50. The largest absolute Gasteiger partial charge is 0.480 e. The molecule has 0 aromatic carbocycles. The van der Waals surface area contributed by atoms with Crippen molar-refractivity contribution in [2.45, 2.75) is 32.4 Å². The number of nitrogens with one attached hydrogen (secondary N) is 2. The molecule has 6 heteroatoms. The molecule has 0 fully saturated rings. The monoisotopic (exact) mass is 231 g/mol. The number of amides is 2. The maximum Gasteiger partial charge on any atom is 0.326 e. The number of carboxylic acid groups (broad SMARTS) is 1. The molecule has 0 aromatic rings. The minimum absolute atomic E-state index is 0.0266. The zero-order chi connectivity index (χ0) is 12.7. The van der Waals surface area contributed by atoms with Gasteiger partial charge in [-0.2, -0.15) is 0 Å². The molecule has 94 valence electrons. The molecule has 0 aliphatic carbocycles. The molecule has 0 aromatic heterocycles. The van der Waals surface area contributed by atoms with Crippen LogP contribution in [0.4, 0.5) is 4.79 Å². The highest BCUT2D eigenvalue weighted by atomic mass is 16.4. The number of hydrogen-bond donors (Lipinski definition) is 3. The average molecular weight is 231 g/mol. The summed E-state index contributed by atoms with van der Waals surface area (Å²) in [6.07, 6.45) is 0.366. The van der Waals surface area contributed by atoms with E-state index in [2.05, 4.69) is 10.6 Å². The highest BCUT2D eigenvalue weighted by Crippen LogP contribution is 1.91. The summed E-state index contributed by atoms with van der Waals surface area (Å²) < 4.78 is 0. The molecule has 0 bridgehead atoms. The number of urea groups is 1. The van der Waals surface area contributed by atoms with Gasteiger partial charge < -0.3 is 20.6 Å². The molecule has 0 saturated carbocycles. The minimum atomic E-state index is -1.02. The van der Waals surface area contributed by atoms with Gasteiger partial charge in [0.2, 0.25) is 0 Å². The number of nitrogens with zero attached hydrogens (tertiary/aromatic N) is 1. The Morgan fingerprint density at radius 1 is 1.31 bits per heavy atom. The van der Waals surface area contributed by atoms with Gasteiger partial charge in [-0.25, -0.2) is 9.59 Å². The number of carbonyl (C=O) groups excluding carboxylic acids is 1. The predicted molar refractivity (Wildman–Crippen MR) is 61.4 cm³/mol. The zero-order valence-electron chi connectivity index (χ0n) is 10.3. The highest BCUT2D eigenvalue weighted by molar-refractivity contribution is 5.82. The molecule has 16 heavy (non-hydrogen) atoms. The summed E-state index contributed by atoms with van der Waals surface area (Å²) in [6.45, 7) is 4.28. The molecule has 0 spiro atoms. The van der Waals surface area contributed by atoms with Crippen molar-refractivity contribution in [3.8, 4) is 0 Å². The summed E-state index contributed by atoms with van der Waals surface area (Å²) in [4.78, 5) is 24.0. The van der Waals surface area contributed by atoms with Crippen LogP contribution in [0.1, 0.15) is 20.3 Å². The van der Waals surface area contributed by atoms with Gasteiger partial charge in [0.05, 0.1) is 0 Å². The Morgan fingerprint density at radius 3 is 2.25 bits per heavy atom. The van der Waals surface area contributed by atoms with Crippen LogP contribution in [0.25, 0.3) is 0 Å². The Kier molecular flexibility index (Phi) is 6.48. The quantitative estimate of drug-likeness (QED) is 0.605. The molecule has 0 aliphatic heterocycles. The third kappa shape index (κ3) is 6.23. The molecule has 3 N–H and O–H groups in total. The SMILES string of the molecule is CC[C@@H](NC(=O)NC(C)CN(C)C)C(=O)O. The Balaban J connectivity index is 4.02. The van der Waals surface area contributed by atoms with Crippen LogP contribution < -0.4 is 10.6 Å². The molecule has 0 radical (unpaired) electrons. The number of aliphatic carboxylic acids is 1. The first-order chi connectivity index (χ1) is 7.36. The van der Waals surface area contributed by atoms with Crippen molar-refractivity contribution in [2.75, 3.05) is 20.6 Å². The minimum Gasteiger partial charge on any atom is -0.480 e. The van der Waals surface area contributed by atoms with Crippen molar-refractivity contribution in [1.29, 1.82) is 0 Å². The molecule has 2 atom stereocenters. The van der Waals surface area contributed by atoms with Crippen LogP contribution >= 0.6 is 0 Å². The van der Waals surface area contributed by atoms with Gasteiger partial charge in [-0.3, -0.25) is 0 Å². The van der Waals surface area contributed by atoms with E-state index < -0.39 is 18.0 Å². The first-order valence-electron chi connectivity index (χ1n) is 5.31. The van der Waals surface area contributed by atoms with Crippen LogP contribution in [0, 0.1) is 0 Å². The summed E-state index contributed by atoms with van der Waals surface area (Å²) in [5.74, 6) is -1.02. The maximum atomic E-state index is 11.4. The van der Waals surface area contributed by atoms with Gasteiger partial charge in [0.1, 0.15) is 6.04 Å². The number of hydrogen-bond acceptors (Lipinski definition) is 3. The van der Waals surface area contributed by atoms with Crippen LogP contribution in [-0.2, 0) is 4.79 Å². The lowest BCUT2D eigenvalue weighted by Gasteiger charge is -2.20. The fourth-order valence-electron chi connectivity index (χ4n) is 1.36. The predicted octanol–water partition coefficient (Wildman–Crippen LogP) is 0.0989. The topological polar surface area (TPSA) is 81.7 Å². The second-order valence-electron chi connectivity index (χ2n) is 4.08. The van der Waals surface area contributed by atoms with E-state index in [-0.39, 0.29) is 6.04 Å². The van der Waals surface area contributed by atoms with Crippen molar-refractivity contribution >= 4 is 12.0 Å². The van der Waals surface area contributed by atoms with Gasteiger partial charge in [0, 0.05) is 12.6 Å². The summed E-state index contributed by atoms with van der Waals surface area (Å²) in [5.41, 5.74) is 0. The van der Waals surface area contributed by atoms with E-state index in [4.69, 9.17) is 5.11 Å². The average Bonchev–Trinajstić information content (AvgIpc) is 2.11. The molecule has 2 amide bonds. The van der Waals surface area contributed by atoms with E-state index in [1.54, 1.807) is 6.92 Å². The Hall–Kier alpha value is -1.30. The Labute approximate surface area is 96.0 Å². The number of carbonyl (C=O) groups is 2. The summed E-state index contributed by atoms with van der Waals surface area (Å²) in [7, 11) is 3.81. The van der Waals surface area contributed by atoms with Gasteiger partial charge in [-0.05, 0) is 27.4 Å². The van der Waals surface area contributed by atoms with E-state index in [1.807, 2.05) is 25.9 Å². The molecule has 6 nitrogen and oxygen atoms in total. The van der Waals surface area contributed by atoms with E-state index >= 15 is 0 Å². The molecule has 0 aliphatic rings. The van der Waals surface area contributed by atoms with E-state index in [1.165, 1.54) is 0 Å². The lowest BCUT2D eigenvalue weighted by molar-refractivity contribution is -0.139. The third-order valence-corrected chi connectivity index (χ3v) is 2.03. The third-order valence-electron chi connectivity index (χ3n) is 2.03. The van der Waals surface area contributed by atoms with Crippen LogP contribution in [0.5, 0.6) is 0 Å². The summed E-state index contributed by atoms with van der Waals surface area (Å²) >= 11 is 0. The molecule has 0 saturated heterocycles. The first-order valence-corrected chi connectivity index (χ1v) is 5.31. The lowest BCUT2D eigenvalue weighted by atomic mass is 10.2. The maximum absolute atomic E-state index is 11.4. The van der Waals surface area contributed by atoms with E-state index in [0.29, 0.717) is 13.0 Å². The molecular weight excluding hydrogens is 210 g/mol. The van der Waals surface area contributed by atoms with Crippen molar-refractivity contribution < 1.29 is 14.7 Å². The van der Waals surface area contributed by atoms with Crippen LogP contribution in [0.3, 0.4) is 0 Å². The van der Waals surface area contributed by atoms with E-state index in [9.17, 15) is 9.59 Å². The number of likely N-dealkylation sites (N-methyl/N-ethyl adjacent to an activating group) is 1. The molecular formula is C10H21N3O3. The van der Waals surface area contributed by atoms with Crippen molar-refractivity contribution in [1.82, 2.24) is 15.5 Å². The number of rotatable bonds is 6. The fraction of sp³-hybridized carbons (Fsp3) is 0.800. The highest BCUT2D eigenvalue weighted by Gasteiger charge is 2.18. The molecule has 0 rings (SSSR count). The fourth-order valence-corrected chi connectivity index (χ4v) is 1.36.